The van der Waals surface area contributed by atoms with Gasteiger partial charge in [-0.3, -0.25) is 4.68 Å². The van der Waals surface area contributed by atoms with E-state index in [4.69, 9.17) is 10.7 Å². The zero-order chi connectivity index (χ0) is 13.4. The summed E-state index contributed by atoms with van der Waals surface area (Å²) in [6, 6.07) is 6.36. The minimum absolute atomic E-state index is 0.638. The van der Waals surface area contributed by atoms with Gasteiger partial charge in [-0.15, -0.1) is 0 Å². The van der Waals surface area contributed by atoms with Crippen molar-refractivity contribution in [3.63, 3.8) is 0 Å². The number of benzene rings is 1. The van der Waals surface area contributed by atoms with Crippen LogP contribution < -0.4 is 5.73 Å². The van der Waals surface area contributed by atoms with Gasteiger partial charge in [0.15, 0.2) is 0 Å². The van der Waals surface area contributed by atoms with Crippen LogP contribution >= 0.6 is 0 Å². The number of nitrogen functional groups attached to an aromatic ring is 1. The number of imidazole rings is 1. The Labute approximate surface area is 111 Å². The molecule has 0 aliphatic heterocycles. The Morgan fingerprint density at radius 2 is 2.16 bits per heavy atom. The van der Waals surface area contributed by atoms with Gasteiger partial charge in [0, 0.05) is 12.7 Å². The van der Waals surface area contributed by atoms with Crippen LogP contribution in [0.2, 0.25) is 0 Å². The summed E-state index contributed by atoms with van der Waals surface area (Å²) in [5.74, 6) is 1.01. The first-order valence-corrected chi connectivity index (χ1v) is 6.41. The van der Waals surface area contributed by atoms with Gasteiger partial charge in [-0.1, -0.05) is 6.07 Å². The van der Waals surface area contributed by atoms with Crippen LogP contribution in [-0.2, 0) is 13.1 Å². The highest BCUT2D eigenvalue weighted by atomic mass is 15.3. The zero-order valence-electron chi connectivity index (χ0n) is 11.2. The van der Waals surface area contributed by atoms with Gasteiger partial charge in [0.2, 0.25) is 0 Å². The summed E-state index contributed by atoms with van der Waals surface area (Å²) in [6.07, 6.45) is 3.48. The summed E-state index contributed by atoms with van der Waals surface area (Å²) in [6.45, 7) is 5.74. The molecule has 0 saturated heterocycles. The highest BCUT2D eigenvalue weighted by Gasteiger charge is 2.10. The third kappa shape index (κ3) is 2.07. The Bertz CT molecular complexity index is 723. The van der Waals surface area contributed by atoms with E-state index in [1.54, 1.807) is 6.20 Å². The lowest BCUT2D eigenvalue weighted by Crippen LogP contribution is -2.08. The fourth-order valence-electron chi connectivity index (χ4n) is 2.37. The van der Waals surface area contributed by atoms with Crippen molar-refractivity contribution < 1.29 is 0 Å². The standard InChI is InChI=1S/C14H17N5/c1-3-19-13-5-4-10(2)6-12(13)17-14(19)9-18-8-11(15)7-16-18/h4-8H,3,9,15H2,1-2H3. The maximum absolute atomic E-state index is 5.69. The smallest absolute Gasteiger partial charge is 0.131 e. The number of nitrogens with zero attached hydrogens (tertiary/aromatic N) is 4. The lowest BCUT2D eigenvalue weighted by Gasteiger charge is -2.06. The van der Waals surface area contributed by atoms with Gasteiger partial charge in [-0.25, -0.2) is 4.98 Å². The number of fused-ring (bicyclic) bond motifs is 1. The fraction of sp³-hybridized carbons (Fsp3) is 0.286. The van der Waals surface area contributed by atoms with Crippen molar-refractivity contribution in [2.75, 3.05) is 5.73 Å². The Balaban J connectivity index is 2.07. The van der Waals surface area contributed by atoms with E-state index in [2.05, 4.69) is 41.7 Å². The van der Waals surface area contributed by atoms with Gasteiger partial charge in [0.25, 0.3) is 0 Å². The van der Waals surface area contributed by atoms with E-state index < -0.39 is 0 Å². The zero-order valence-corrected chi connectivity index (χ0v) is 11.2. The molecule has 98 valence electrons. The topological polar surface area (TPSA) is 61.7 Å². The second-order valence-corrected chi connectivity index (χ2v) is 4.74. The Morgan fingerprint density at radius 1 is 1.32 bits per heavy atom. The Morgan fingerprint density at radius 3 is 2.84 bits per heavy atom. The summed E-state index contributed by atoms with van der Waals surface area (Å²) in [4.78, 5) is 4.71. The van der Waals surface area contributed by atoms with Crippen LogP contribution in [0.15, 0.2) is 30.6 Å². The molecule has 0 aliphatic rings. The number of hydrogen-bond donors (Lipinski definition) is 1. The molecule has 0 aliphatic carbocycles. The molecule has 2 N–H and O–H groups in total. The van der Waals surface area contributed by atoms with E-state index in [1.807, 2.05) is 10.9 Å². The number of aryl methyl sites for hydroxylation is 2. The highest BCUT2D eigenvalue weighted by Crippen LogP contribution is 2.18. The van der Waals surface area contributed by atoms with Gasteiger partial charge < -0.3 is 10.3 Å². The van der Waals surface area contributed by atoms with E-state index in [9.17, 15) is 0 Å². The van der Waals surface area contributed by atoms with Crippen LogP contribution in [0.25, 0.3) is 11.0 Å². The van der Waals surface area contributed by atoms with Crippen LogP contribution in [-0.4, -0.2) is 19.3 Å². The second kappa shape index (κ2) is 4.42. The number of aromatic nitrogens is 4. The summed E-state index contributed by atoms with van der Waals surface area (Å²) in [7, 11) is 0. The Hall–Kier alpha value is -2.30. The molecule has 0 amide bonds. The first kappa shape index (κ1) is 11.8. The molecular formula is C14H17N5. The van der Waals surface area contributed by atoms with Crippen LogP contribution in [0, 0.1) is 6.92 Å². The monoisotopic (exact) mass is 255 g/mol. The predicted octanol–water partition coefficient (Wildman–Crippen LogP) is 2.19. The lowest BCUT2D eigenvalue weighted by atomic mass is 10.2. The molecule has 0 bridgehead atoms. The Kier molecular flexibility index (Phi) is 2.74. The van der Waals surface area contributed by atoms with Crippen LogP contribution in [0.4, 0.5) is 5.69 Å². The van der Waals surface area contributed by atoms with Gasteiger partial charge in [0.1, 0.15) is 5.82 Å². The molecule has 1 aromatic carbocycles. The van der Waals surface area contributed by atoms with Gasteiger partial charge in [-0.05, 0) is 31.5 Å². The SMILES string of the molecule is CCn1c(Cn2cc(N)cn2)nc2cc(C)ccc21. The maximum atomic E-state index is 5.69. The molecular weight excluding hydrogens is 238 g/mol. The summed E-state index contributed by atoms with van der Waals surface area (Å²) >= 11 is 0. The summed E-state index contributed by atoms with van der Waals surface area (Å²) in [5.41, 5.74) is 9.80. The quantitative estimate of drug-likeness (QED) is 0.780. The maximum Gasteiger partial charge on any atom is 0.131 e. The molecule has 2 heterocycles. The normalized spacial score (nSPS) is 11.3. The van der Waals surface area contributed by atoms with Gasteiger partial charge in [-0.2, -0.15) is 5.10 Å². The number of anilines is 1. The lowest BCUT2D eigenvalue weighted by molar-refractivity contribution is 0.614. The third-order valence-electron chi connectivity index (χ3n) is 3.26. The number of rotatable bonds is 3. The van der Waals surface area contributed by atoms with Crippen molar-refractivity contribution in [2.45, 2.75) is 26.9 Å². The van der Waals surface area contributed by atoms with Crippen molar-refractivity contribution in [1.29, 1.82) is 0 Å². The van der Waals surface area contributed by atoms with Crippen molar-refractivity contribution in [3.05, 3.63) is 42.0 Å². The van der Waals surface area contributed by atoms with Gasteiger partial charge >= 0.3 is 0 Å². The summed E-state index contributed by atoms with van der Waals surface area (Å²) < 4.78 is 4.03. The minimum Gasteiger partial charge on any atom is -0.396 e. The largest absolute Gasteiger partial charge is 0.396 e. The highest BCUT2D eigenvalue weighted by molar-refractivity contribution is 5.76. The van der Waals surface area contributed by atoms with Crippen molar-refractivity contribution in [2.24, 2.45) is 0 Å². The van der Waals surface area contributed by atoms with Crippen molar-refractivity contribution in [3.8, 4) is 0 Å². The molecule has 5 nitrogen and oxygen atoms in total. The molecule has 2 aromatic heterocycles. The first-order chi connectivity index (χ1) is 9.17. The third-order valence-corrected chi connectivity index (χ3v) is 3.26. The molecule has 5 heteroatoms. The van der Waals surface area contributed by atoms with Crippen molar-refractivity contribution in [1.82, 2.24) is 19.3 Å². The molecule has 0 fully saturated rings. The summed E-state index contributed by atoms with van der Waals surface area (Å²) in [5, 5.41) is 4.21. The van der Waals surface area contributed by atoms with Crippen LogP contribution in [0.3, 0.4) is 0 Å². The van der Waals surface area contributed by atoms with E-state index in [-0.39, 0.29) is 0 Å². The van der Waals surface area contributed by atoms with E-state index in [0.29, 0.717) is 12.2 Å². The molecule has 0 atom stereocenters. The first-order valence-electron chi connectivity index (χ1n) is 6.41. The van der Waals surface area contributed by atoms with E-state index in [1.165, 1.54) is 11.1 Å². The molecule has 19 heavy (non-hydrogen) atoms. The van der Waals surface area contributed by atoms with Crippen molar-refractivity contribution >= 4 is 16.7 Å². The van der Waals surface area contributed by atoms with E-state index in [0.717, 1.165) is 17.9 Å². The molecule has 0 radical (unpaired) electrons. The van der Waals surface area contributed by atoms with Crippen LogP contribution in [0.5, 0.6) is 0 Å². The molecule has 3 aromatic rings. The molecule has 3 rings (SSSR count). The fourth-order valence-corrected chi connectivity index (χ4v) is 2.37. The number of nitrogens with two attached hydrogens (primary N) is 1. The van der Waals surface area contributed by atoms with Crippen LogP contribution in [0.1, 0.15) is 18.3 Å². The predicted molar refractivity (Wildman–Crippen MR) is 75.9 cm³/mol. The molecule has 0 saturated carbocycles. The average molecular weight is 255 g/mol. The number of hydrogen-bond acceptors (Lipinski definition) is 3. The molecule has 0 unspecified atom stereocenters. The minimum atomic E-state index is 0.638. The van der Waals surface area contributed by atoms with Gasteiger partial charge in [0.05, 0.1) is 29.5 Å². The second-order valence-electron chi connectivity index (χ2n) is 4.74. The van der Waals surface area contributed by atoms with E-state index >= 15 is 0 Å². The molecule has 0 spiro atoms. The average Bonchev–Trinajstić information content (AvgIpc) is 2.92.